The third-order valence-corrected chi connectivity index (χ3v) is 9.66. The highest BCUT2D eigenvalue weighted by Crippen LogP contribution is 2.14. The van der Waals surface area contributed by atoms with Gasteiger partial charge in [0.05, 0.1) is 0 Å². The van der Waals surface area contributed by atoms with Crippen LogP contribution in [0.3, 0.4) is 0 Å². The average Bonchev–Trinajstić information content (AvgIpc) is 3.12. The summed E-state index contributed by atoms with van der Waals surface area (Å²) < 4.78 is 10.3. The lowest BCUT2D eigenvalue weighted by molar-refractivity contribution is -0.152. The van der Waals surface area contributed by atoms with E-state index < -0.39 is 6.10 Å². The zero-order chi connectivity index (χ0) is 36.4. The molecule has 0 aromatic rings. The van der Waals surface area contributed by atoms with Gasteiger partial charge in [-0.05, 0) is 64.2 Å². The number of aliphatic hydroxyl groups excluding tert-OH is 1. The topological polar surface area (TPSA) is 72.8 Å². The normalized spacial score (nSPS) is 12.3. The number of hydrogen-bond donors (Lipinski definition) is 1. The first kappa shape index (κ1) is 48.4. The molecule has 0 unspecified atom stereocenters. The molecule has 0 fully saturated rings. The Hall–Kier alpha value is -1.62. The Bertz CT molecular complexity index is 761. The van der Waals surface area contributed by atoms with E-state index in [9.17, 15) is 14.7 Å². The van der Waals surface area contributed by atoms with Gasteiger partial charge in [-0.15, -0.1) is 0 Å². The summed E-state index contributed by atoms with van der Waals surface area (Å²) in [5.41, 5.74) is 0. The van der Waals surface area contributed by atoms with Crippen molar-refractivity contribution in [3.8, 4) is 0 Å². The molecule has 0 aliphatic heterocycles. The van der Waals surface area contributed by atoms with Crippen LogP contribution in [0.15, 0.2) is 24.3 Å². The van der Waals surface area contributed by atoms with Crippen LogP contribution in [0.2, 0.25) is 0 Å². The summed E-state index contributed by atoms with van der Waals surface area (Å²) in [6.45, 7) is 4.30. The molecule has 0 aliphatic rings. The largest absolute Gasteiger partial charge is 0.463 e. The van der Waals surface area contributed by atoms with Crippen molar-refractivity contribution < 1.29 is 24.2 Å². The molecule has 0 aliphatic carbocycles. The van der Waals surface area contributed by atoms with Crippen LogP contribution in [0.5, 0.6) is 0 Å². The van der Waals surface area contributed by atoms with Crippen molar-refractivity contribution in [2.75, 3.05) is 13.2 Å². The number of carbonyl (C=O) groups is 2. The molecule has 5 nitrogen and oxygen atoms in total. The molecule has 0 aromatic carbocycles. The van der Waals surface area contributed by atoms with Crippen LogP contribution < -0.4 is 0 Å². The first-order valence-corrected chi connectivity index (χ1v) is 21.9. The minimum absolute atomic E-state index is 0.120. The summed E-state index contributed by atoms with van der Waals surface area (Å²) in [4.78, 5) is 24.0. The molecular weight excluding hydrogens is 620 g/mol. The second kappa shape index (κ2) is 41.8. The van der Waals surface area contributed by atoms with E-state index in [1.807, 2.05) is 0 Å². The fraction of sp³-hybridized carbons (Fsp3) is 0.867. The van der Waals surface area contributed by atoms with E-state index >= 15 is 0 Å². The van der Waals surface area contributed by atoms with E-state index in [-0.39, 0.29) is 25.2 Å². The van der Waals surface area contributed by atoms with E-state index in [0.717, 1.165) is 51.4 Å². The van der Waals surface area contributed by atoms with Crippen molar-refractivity contribution in [2.24, 2.45) is 0 Å². The summed E-state index contributed by atoms with van der Waals surface area (Å²) in [6.07, 6.45) is 49.6. The lowest BCUT2D eigenvalue weighted by atomic mass is 10.0. The number of unbranched alkanes of at least 4 members (excludes halogenated alkanes) is 28. The summed E-state index contributed by atoms with van der Waals surface area (Å²) in [6, 6.07) is 0. The number of ether oxygens (including phenoxy) is 2. The second-order valence-corrected chi connectivity index (χ2v) is 14.8. The molecule has 0 heterocycles. The maximum absolute atomic E-state index is 12.0. The van der Waals surface area contributed by atoms with Gasteiger partial charge in [-0.3, -0.25) is 9.59 Å². The molecule has 294 valence electrons. The molecule has 0 amide bonds. The van der Waals surface area contributed by atoms with Crippen molar-refractivity contribution >= 4 is 11.9 Å². The SMILES string of the molecule is CCCCCCCC/C=C/CCCCCCCC(=O)OC[C@@H](O)COC(=O)CCCCCCC/C=C/CCCCCCCCCCCCCC. The van der Waals surface area contributed by atoms with Crippen molar-refractivity contribution in [1.82, 2.24) is 0 Å². The van der Waals surface area contributed by atoms with Crippen LogP contribution in [0.4, 0.5) is 0 Å². The third kappa shape index (κ3) is 40.8. The average molecular weight is 705 g/mol. The second-order valence-electron chi connectivity index (χ2n) is 14.8. The minimum Gasteiger partial charge on any atom is -0.463 e. The predicted molar refractivity (Wildman–Crippen MR) is 215 cm³/mol. The van der Waals surface area contributed by atoms with Gasteiger partial charge in [0.25, 0.3) is 0 Å². The van der Waals surface area contributed by atoms with Gasteiger partial charge in [0.2, 0.25) is 0 Å². The van der Waals surface area contributed by atoms with Crippen molar-refractivity contribution in [3.63, 3.8) is 0 Å². The summed E-state index contributed by atoms with van der Waals surface area (Å²) in [7, 11) is 0. The number of aliphatic hydroxyl groups is 1. The van der Waals surface area contributed by atoms with Crippen LogP contribution in [-0.2, 0) is 19.1 Å². The third-order valence-electron chi connectivity index (χ3n) is 9.66. The zero-order valence-electron chi connectivity index (χ0n) is 33.4. The molecule has 1 N–H and O–H groups in total. The predicted octanol–water partition coefficient (Wildman–Crippen LogP) is 13.8. The highest BCUT2D eigenvalue weighted by molar-refractivity contribution is 5.69. The molecule has 0 saturated carbocycles. The van der Waals surface area contributed by atoms with Crippen LogP contribution in [0, 0.1) is 0 Å². The molecule has 0 rings (SSSR count). The number of hydrogen-bond acceptors (Lipinski definition) is 5. The minimum atomic E-state index is -0.968. The van der Waals surface area contributed by atoms with E-state index in [1.165, 1.54) is 154 Å². The molecular formula is C45H84O5. The fourth-order valence-corrected chi connectivity index (χ4v) is 6.31. The Kier molecular flexibility index (Phi) is 40.4. The molecule has 0 spiro atoms. The first-order chi connectivity index (χ1) is 24.6. The molecule has 0 saturated heterocycles. The van der Waals surface area contributed by atoms with Crippen LogP contribution in [-0.4, -0.2) is 36.4 Å². The lowest BCUT2D eigenvalue weighted by Crippen LogP contribution is -2.25. The van der Waals surface area contributed by atoms with Crippen molar-refractivity contribution in [1.29, 1.82) is 0 Å². The maximum atomic E-state index is 12.0. The number of carbonyl (C=O) groups excluding carboxylic acids is 2. The Morgan fingerprint density at radius 2 is 0.640 bits per heavy atom. The Balaban J connectivity index is 3.42. The first-order valence-electron chi connectivity index (χ1n) is 21.9. The molecule has 50 heavy (non-hydrogen) atoms. The smallest absolute Gasteiger partial charge is 0.305 e. The van der Waals surface area contributed by atoms with Gasteiger partial charge in [0, 0.05) is 12.8 Å². The van der Waals surface area contributed by atoms with Gasteiger partial charge in [-0.25, -0.2) is 0 Å². The van der Waals surface area contributed by atoms with Gasteiger partial charge in [-0.2, -0.15) is 0 Å². The Morgan fingerprint density at radius 3 is 0.920 bits per heavy atom. The Morgan fingerprint density at radius 1 is 0.400 bits per heavy atom. The van der Waals surface area contributed by atoms with E-state index in [1.54, 1.807) is 0 Å². The summed E-state index contributed by atoms with van der Waals surface area (Å²) in [5.74, 6) is -0.576. The van der Waals surface area contributed by atoms with Crippen LogP contribution in [0.1, 0.15) is 232 Å². The molecule has 0 bridgehead atoms. The van der Waals surface area contributed by atoms with Crippen molar-refractivity contribution in [3.05, 3.63) is 24.3 Å². The molecule has 0 aromatic heterocycles. The molecule has 1 atom stereocenters. The van der Waals surface area contributed by atoms with E-state index in [4.69, 9.17) is 9.47 Å². The van der Waals surface area contributed by atoms with E-state index in [0.29, 0.717) is 12.8 Å². The van der Waals surface area contributed by atoms with Crippen LogP contribution >= 0.6 is 0 Å². The Labute approximate surface area is 311 Å². The quantitative estimate of drug-likeness (QED) is 0.0390. The van der Waals surface area contributed by atoms with Gasteiger partial charge in [-0.1, -0.05) is 179 Å². The molecule has 5 heteroatoms. The van der Waals surface area contributed by atoms with Gasteiger partial charge in [0.1, 0.15) is 19.3 Å². The zero-order valence-corrected chi connectivity index (χ0v) is 33.4. The van der Waals surface area contributed by atoms with Gasteiger partial charge in [0.15, 0.2) is 0 Å². The van der Waals surface area contributed by atoms with Crippen molar-refractivity contribution in [2.45, 2.75) is 238 Å². The summed E-state index contributed by atoms with van der Waals surface area (Å²) in [5, 5.41) is 10.0. The number of rotatable bonds is 40. The molecule has 0 radical (unpaired) electrons. The maximum Gasteiger partial charge on any atom is 0.305 e. The van der Waals surface area contributed by atoms with Gasteiger partial charge < -0.3 is 14.6 Å². The number of esters is 2. The monoisotopic (exact) mass is 705 g/mol. The highest BCUT2D eigenvalue weighted by Gasteiger charge is 2.12. The summed E-state index contributed by atoms with van der Waals surface area (Å²) >= 11 is 0. The van der Waals surface area contributed by atoms with Crippen LogP contribution in [0.25, 0.3) is 0 Å². The number of allylic oxidation sites excluding steroid dienone is 4. The highest BCUT2D eigenvalue weighted by atomic mass is 16.6. The van der Waals surface area contributed by atoms with Gasteiger partial charge >= 0.3 is 11.9 Å². The standard InChI is InChI=1S/C45H84O5/c1-3-5-7-9-11-13-15-17-19-20-21-22-23-24-26-28-30-32-34-36-38-40-45(48)50-42-43(46)41-49-44(47)39-37-35-33-31-29-27-25-18-16-14-12-10-8-6-4-2/h18,24-26,43,46H,3-17,19-23,27-42H2,1-2H3/b25-18+,26-24+/t43-/m1/s1. The fourth-order valence-electron chi connectivity index (χ4n) is 6.31. The lowest BCUT2D eigenvalue weighted by Gasteiger charge is -2.12. The van der Waals surface area contributed by atoms with E-state index in [2.05, 4.69) is 38.2 Å².